The van der Waals surface area contributed by atoms with Crippen molar-refractivity contribution in [2.24, 2.45) is 0 Å². The number of carbonyl (C=O) groups excluding carboxylic acids is 1. The number of nitrogens with one attached hydrogen (secondary N) is 1. The van der Waals surface area contributed by atoms with Gasteiger partial charge in [-0.1, -0.05) is 5.16 Å². The van der Waals surface area contributed by atoms with Crippen LogP contribution >= 0.6 is 0 Å². The van der Waals surface area contributed by atoms with Crippen molar-refractivity contribution in [3.8, 4) is 11.3 Å². The molecule has 28 heavy (non-hydrogen) atoms. The standard InChI is InChI=1S/C18H16N8O2/c27-18(14-8-15(28-24-14)12-2-1-6-19-9-12)21-13-5-7-25(10-13)17-4-3-16-22-20-11-26(16)23-17/h1-4,6,8-9,11,13H,5,7,10H2,(H,21,27)/t13-/m1/s1. The lowest BCUT2D eigenvalue weighted by molar-refractivity contribution is 0.0931. The summed E-state index contributed by atoms with van der Waals surface area (Å²) in [5, 5.41) is 19.2. The molecule has 1 atom stereocenters. The summed E-state index contributed by atoms with van der Waals surface area (Å²) in [6, 6.07) is 9.06. The maximum absolute atomic E-state index is 12.5. The van der Waals surface area contributed by atoms with Gasteiger partial charge in [0, 0.05) is 43.2 Å². The average Bonchev–Trinajstić information content (AvgIpc) is 3.48. The van der Waals surface area contributed by atoms with Crippen molar-refractivity contribution in [1.29, 1.82) is 0 Å². The van der Waals surface area contributed by atoms with Crippen LogP contribution in [-0.4, -0.2) is 55.0 Å². The highest BCUT2D eigenvalue weighted by atomic mass is 16.5. The zero-order valence-corrected chi connectivity index (χ0v) is 14.8. The van der Waals surface area contributed by atoms with Crippen molar-refractivity contribution < 1.29 is 9.32 Å². The minimum atomic E-state index is -0.257. The van der Waals surface area contributed by atoms with Gasteiger partial charge in [-0.05, 0) is 30.7 Å². The van der Waals surface area contributed by atoms with Crippen LogP contribution in [0.15, 0.2) is 53.6 Å². The third-order valence-corrected chi connectivity index (χ3v) is 4.68. The molecule has 10 heteroatoms. The predicted molar refractivity (Wildman–Crippen MR) is 98.6 cm³/mol. The van der Waals surface area contributed by atoms with Gasteiger partial charge in [0.1, 0.15) is 12.1 Å². The van der Waals surface area contributed by atoms with Crippen molar-refractivity contribution in [3.05, 3.63) is 54.7 Å². The minimum absolute atomic E-state index is 0.00412. The van der Waals surface area contributed by atoms with Crippen LogP contribution in [0.25, 0.3) is 17.0 Å². The molecule has 1 aliphatic rings. The van der Waals surface area contributed by atoms with E-state index in [-0.39, 0.29) is 17.6 Å². The van der Waals surface area contributed by atoms with Gasteiger partial charge in [-0.25, -0.2) is 0 Å². The van der Waals surface area contributed by atoms with Gasteiger partial charge in [0.15, 0.2) is 17.1 Å². The second-order valence-corrected chi connectivity index (χ2v) is 6.55. The highest BCUT2D eigenvalue weighted by molar-refractivity contribution is 5.93. The monoisotopic (exact) mass is 376 g/mol. The van der Waals surface area contributed by atoms with Crippen LogP contribution < -0.4 is 10.2 Å². The van der Waals surface area contributed by atoms with Gasteiger partial charge in [0.2, 0.25) is 0 Å². The average molecular weight is 376 g/mol. The molecule has 0 bridgehead atoms. The molecule has 1 N–H and O–H groups in total. The molecule has 0 aliphatic carbocycles. The molecule has 1 aliphatic heterocycles. The normalized spacial score (nSPS) is 16.6. The van der Waals surface area contributed by atoms with Crippen LogP contribution in [0.2, 0.25) is 0 Å². The lowest BCUT2D eigenvalue weighted by atomic mass is 10.2. The summed E-state index contributed by atoms with van der Waals surface area (Å²) in [7, 11) is 0. The zero-order valence-electron chi connectivity index (χ0n) is 14.8. The molecule has 4 aromatic heterocycles. The Hall–Kier alpha value is -3.82. The van der Waals surface area contributed by atoms with E-state index in [9.17, 15) is 4.79 Å². The Morgan fingerprint density at radius 3 is 3.14 bits per heavy atom. The fourth-order valence-corrected chi connectivity index (χ4v) is 3.26. The number of carbonyl (C=O) groups is 1. The van der Waals surface area contributed by atoms with Gasteiger partial charge in [-0.3, -0.25) is 9.78 Å². The van der Waals surface area contributed by atoms with Crippen molar-refractivity contribution in [2.75, 3.05) is 18.0 Å². The number of hydrogen-bond acceptors (Lipinski definition) is 8. The number of fused-ring (bicyclic) bond motifs is 1. The van der Waals surface area contributed by atoms with Gasteiger partial charge in [-0.2, -0.15) is 4.52 Å². The third kappa shape index (κ3) is 3.04. The minimum Gasteiger partial charge on any atom is -0.355 e. The van der Waals surface area contributed by atoms with Gasteiger partial charge >= 0.3 is 0 Å². The van der Waals surface area contributed by atoms with E-state index in [1.807, 2.05) is 18.2 Å². The quantitative estimate of drug-likeness (QED) is 0.565. The largest absolute Gasteiger partial charge is 0.355 e. The smallest absolute Gasteiger partial charge is 0.273 e. The van der Waals surface area contributed by atoms with Crippen molar-refractivity contribution in [2.45, 2.75) is 12.5 Å². The highest BCUT2D eigenvalue weighted by Gasteiger charge is 2.26. The molecule has 0 spiro atoms. The second-order valence-electron chi connectivity index (χ2n) is 6.55. The molecule has 0 saturated carbocycles. The van der Waals surface area contributed by atoms with E-state index in [0.717, 1.165) is 24.3 Å². The number of rotatable bonds is 4. The van der Waals surface area contributed by atoms with Crippen molar-refractivity contribution in [1.82, 2.24) is 35.3 Å². The third-order valence-electron chi connectivity index (χ3n) is 4.68. The molecule has 1 saturated heterocycles. The highest BCUT2D eigenvalue weighted by Crippen LogP contribution is 2.20. The van der Waals surface area contributed by atoms with Crippen LogP contribution in [-0.2, 0) is 0 Å². The van der Waals surface area contributed by atoms with Gasteiger partial charge in [0.25, 0.3) is 5.91 Å². The van der Waals surface area contributed by atoms with Crippen LogP contribution in [0.5, 0.6) is 0 Å². The van der Waals surface area contributed by atoms with Crippen molar-refractivity contribution >= 4 is 17.4 Å². The van der Waals surface area contributed by atoms with E-state index in [4.69, 9.17) is 4.52 Å². The van der Waals surface area contributed by atoms with E-state index < -0.39 is 0 Å². The number of amides is 1. The number of anilines is 1. The zero-order chi connectivity index (χ0) is 18.9. The summed E-state index contributed by atoms with van der Waals surface area (Å²) in [4.78, 5) is 18.7. The predicted octanol–water partition coefficient (Wildman–Crippen LogP) is 1.18. The molecular weight excluding hydrogens is 360 g/mol. The number of nitrogens with zero attached hydrogens (tertiary/aromatic N) is 7. The Balaban J connectivity index is 1.24. The molecule has 4 aromatic rings. The summed E-state index contributed by atoms with van der Waals surface area (Å²) in [5.74, 6) is 1.08. The fraction of sp³-hybridized carbons (Fsp3) is 0.222. The van der Waals surface area contributed by atoms with Crippen LogP contribution in [0.4, 0.5) is 5.82 Å². The van der Waals surface area contributed by atoms with Crippen LogP contribution in [0.1, 0.15) is 16.9 Å². The van der Waals surface area contributed by atoms with E-state index in [2.05, 4.69) is 35.7 Å². The lowest BCUT2D eigenvalue weighted by Crippen LogP contribution is -2.37. The molecule has 0 radical (unpaired) electrons. The van der Waals surface area contributed by atoms with Crippen molar-refractivity contribution in [3.63, 3.8) is 0 Å². The van der Waals surface area contributed by atoms with E-state index >= 15 is 0 Å². The molecule has 5 heterocycles. The Morgan fingerprint density at radius 1 is 1.29 bits per heavy atom. The maximum atomic E-state index is 12.5. The molecule has 10 nitrogen and oxygen atoms in total. The lowest BCUT2D eigenvalue weighted by Gasteiger charge is -2.17. The van der Waals surface area contributed by atoms with Gasteiger partial charge in [-0.15, -0.1) is 15.3 Å². The van der Waals surface area contributed by atoms with E-state index in [1.165, 1.54) is 0 Å². The first kappa shape index (κ1) is 16.4. The molecule has 0 aromatic carbocycles. The topological polar surface area (TPSA) is 114 Å². The molecule has 1 amide bonds. The van der Waals surface area contributed by atoms with E-state index in [0.29, 0.717) is 18.0 Å². The van der Waals surface area contributed by atoms with Crippen LogP contribution in [0, 0.1) is 0 Å². The number of pyridine rings is 1. The van der Waals surface area contributed by atoms with Gasteiger partial charge in [0.05, 0.1) is 0 Å². The molecule has 5 rings (SSSR count). The van der Waals surface area contributed by atoms with Crippen LogP contribution in [0.3, 0.4) is 0 Å². The first-order chi connectivity index (χ1) is 13.8. The molecule has 1 fully saturated rings. The summed E-state index contributed by atoms with van der Waals surface area (Å²) in [5.41, 5.74) is 1.72. The summed E-state index contributed by atoms with van der Waals surface area (Å²) in [6.45, 7) is 1.46. The Kier molecular flexibility index (Phi) is 3.93. The summed E-state index contributed by atoms with van der Waals surface area (Å²) >= 11 is 0. The molecule has 0 unspecified atom stereocenters. The number of aromatic nitrogens is 6. The Morgan fingerprint density at radius 2 is 2.25 bits per heavy atom. The first-order valence-electron chi connectivity index (χ1n) is 8.86. The Bertz CT molecular complexity index is 1120. The summed E-state index contributed by atoms with van der Waals surface area (Å²) in [6.07, 6.45) is 5.73. The Labute approximate surface area is 159 Å². The fourth-order valence-electron chi connectivity index (χ4n) is 3.26. The van der Waals surface area contributed by atoms with Gasteiger partial charge < -0.3 is 14.7 Å². The summed E-state index contributed by atoms with van der Waals surface area (Å²) < 4.78 is 6.91. The second kappa shape index (κ2) is 6.72. The van der Waals surface area contributed by atoms with E-state index in [1.54, 1.807) is 35.4 Å². The molecular formula is C18H16N8O2. The number of hydrogen-bond donors (Lipinski definition) is 1. The first-order valence-corrected chi connectivity index (χ1v) is 8.86. The molecule has 140 valence electrons. The SMILES string of the molecule is O=C(N[C@@H]1CCN(c2ccc3nncn3n2)C1)c1cc(-c2cccnc2)on1. The maximum Gasteiger partial charge on any atom is 0.273 e.